The fourth-order valence-electron chi connectivity index (χ4n) is 1.99. The zero-order chi connectivity index (χ0) is 14.6. The smallest absolute Gasteiger partial charge is 0.308 e. The first kappa shape index (κ1) is 17.6. The van der Waals surface area contributed by atoms with E-state index in [1.807, 2.05) is 11.8 Å². The van der Waals surface area contributed by atoms with Gasteiger partial charge in [0.1, 0.15) is 6.29 Å². The Bertz CT molecular complexity index is 340. The summed E-state index contributed by atoms with van der Waals surface area (Å²) in [5.41, 5.74) is 0. The molecule has 0 aromatic carbocycles. The fourth-order valence-corrected chi connectivity index (χ4v) is 4.43. The SMILES string of the molecule is CC(=O)OC1=C(CCCCCCCC=O)SCCCS1. The highest BCUT2D eigenvalue weighted by molar-refractivity contribution is 8.07. The predicted octanol–water partition coefficient (Wildman–Crippen LogP) is 4.52. The maximum Gasteiger partial charge on any atom is 0.308 e. The number of aldehydes is 1. The normalized spacial score (nSPS) is 15.8. The number of hydrogen-bond acceptors (Lipinski definition) is 5. The molecule has 0 aliphatic carbocycles. The Kier molecular flexibility index (Phi) is 9.93. The Hall–Kier alpha value is -0.420. The molecule has 0 spiro atoms. The zero-order valence-electron chi connectivity index (χ0n) is 12.2. The lowest BCUT2D eigenvalue weighted by Gasteiger charge is -2.10. The van der Waals surface area contributed by atoms with E-state index >= 15 is 0 Å². The predicted molar refractivity (Wildman–Crippen MR) is 86.7 cm³/mol. The number of unbranched alkanes of at least 4 members (excludes halogenated alkanes) is 5. The minimum atomic E-state index is -0.221. The van der Waals surface area contributed by atoms with E-state index in [0.717, 1.165) is 55.0 Å². The van der Waals surface area contributed by atoms with Crippen LogP contribution in [0.15, 0.2) is 10.00 Å². The molecule has 1 aliphatic heterocycles. The van der Waals surface area contributed by atoms with Crippen LogP contribution in [-0.2, 0) is 14.3 Å². The molecule has 20 heavy (non-hydrogen) atoms. The number of carbonyl (C=O) groups is 2. The molecule has 0 amide bonds. The molecule has 5 heteroatoms. The van der Waals surface area contributed by atoms with Gasteiger partial charge in [0.05, 0.1) is 0 Å². The molecule has 0 bridgehead atoms. The van der Waals surface area contributed by atoms with Crippen LogP contribution in [0.25, 0.3) is 0 Å². The first-order valence-electron chi connectivity index (χ1n) is 7.35. The summed E-state index contributed by atoms with van der Waals surface area (Å²) in [5, 5.41) is 0.834. The fraction of sp³-hybridized carbons (Fsp3) is 0.733. The highest BCUT2D eigenvalue weighted by Crippen LogP contribution is 2.36. The summed E-state index contributed by atoms with van der Waals surface area (Å²) in [6.45, 7) is 1.47. The van der Waals surface area contributed by atoms with Crippen molar-refractivity contribution in [1.82, 2.24) is 0 Å². The number of hydrogen-bond donors (Lipinski definition) is 0. The highest BCUT2D eigenvalue weighted by Gasteiger charge is 2.15. The van der Waals surface area contributed by atoms with Gasteiger partial charge >= 0.3 is 5.97 Å². The van der Waals surface area contributed by atoms with Crippen molar-refractivity contribution in [2.24, 2.45) is 0 Å². The van der Waals surface area contributed by atoms with Crippen LogP contribution in [0.4, 0.5) is 0 Å². The minimum Gasteiger partial charge on any atom is -0.419 e. The van der Waals surface area contributed by atoms with Gasteiger partial charge in [-0.05, 0) is 31.4 Å². The molecule has 0 fully saturated rings. The molecule has 0 aromatic heterocycles. The monoisotopic (exact) mass is 316 g/mol. The maximum absolute atomic E-state index is 11.1. The van der Waals surface area contributed by atoms with E-state index in [1.165, 1.54) is 24.7 Å². The van der Waals surface area contributed by atoms with E-state index in [1.54, 1.807) is 11.8 Å². The summed E-state index contributed by atoms with van der Waals surface area (Å²) in [4.78, 5) is 22.6. The van der Waals surface area contributed by atoms with Gasteiger partial charge < -0.3 is 9.53 Å². The molecule has 1 heterocycles. The Balaban J connectivity index is 2.30. The molecule has 0 saturated carbocycles. The van der Waals surface area contributed by atoms with E-state index in [-0.39, 0.29) is 5.97 Å². The van der Waals surface area contributed by atoms with Gasteiger partial charge in [-0.25, -0.2) is 0 Å². The number of carbonyl (C=O) groups excluding carboxylic acids is 2. The number of rotatable bonds is 9. The van der Waals surface area contributed by atoms with Gasteiger partial charge in [0.2, 0.25) is 0 Å². The van der Waals surface area contributed by atoms with Crippen molar-refractivity contribution in [3.05, 3.63) is 10.00 Å². The summed E-state index contributed by atoms with van der Waals surface area (Å²) in [5.74, 6) is 1.93. The highest BCUT2D eigenvalue weighted by atomic mass is 32.2. The quantitative estimate of drug-likeness (QED) is 0.355. The third-order valence-corrected chi connectivity index (χ3v) is 5.43. The molecular weight excluding hydrogens is 292 g/mol. The number of esters is 1. The summed E-state index contributed by atoms with van der Waals surface area (Å²) < 4.78 is 5.34. The van der Waals surface area contributed by atoms with Crippen molar-refractivity contribution >= 4 is 35.8 Å². The van der Waals surface area contributed by atoms with Gasteiger partial charge in [0.15, 0.2) is 5.09 Å². The van der Waals surface area contributed by atoms with E-state index in [4.69, 9.17) is 4.74 Å². The average molecular weight is 316 g/mol. The summed E-state index contributed by atoms with van der Waals surface area (Å²) in [6.07, 6.45) is 9.50. The van der Waals surface area contributed by atoms with Crippen molar-refractivity contribution in [2.75, 3.05) is 11.5 Å². The van der Waals surface area contributed by atoms with Crippen LogP contribution in [0.5, 0.6) is 0 Å². The maximum atomic E-state index is 11.1. The van der Waals surface area contributed by atoms with Crippen molar-refractivity contribution in [3.8, 4) is 0 Å². The van der Waals surface area contributed by atoms with Crippen LogP contribution in [0.1, 0.15) is 58.3 Å². The van der Waals surface area contributed by atoms with Crippen LogP contribution in [0.3, 0.4) is 0 Å². The molecule has 1 rings (SSSR count). The molecule has 0 unspecified atom stereocenters. The lowest BCUT2D eigenvalue weighted by atomic mass is 10.1. The molecule has 0 radical (unpaired) electrons. The third-order valence-electron chi connectivity index (χ3n) is 2.99. The van der Waals surface area contributed by atoms with Gasteiger partial charge in [-0.3, -0.25) is 4.79 Å². The van der Waals surface area contributed by atoms with Gasteiger partial charge in [0, 0.05) is 24.0 Å². The zero-order valence-corrected chi connectivity index (χ0v) is 13.8. The molecule has 0 aromatic rings. The van der Waals surface area contributed by atoms with Crippen LogP contribution < -0.4 is 0 Å². The Labute approximate surface area is 130 Å². The Morgan fingerprint density at radius 1 is 1.15 bits per heavy atom. The van der Waals surface area contributed by atoms with Crippen molar-refractivity contribution in [3.63, 3.8) is 0 Å². The second-order valence-corrected chi connectivity index (χ2v) is 7.09. The number of allylic oxidation sites excluding steroid dienone is 1. The van der Waals surface area contributed by atoms with E-state index < -0.39 is 0 Å². The van der Waals surface area contributed by atoms with Gasteiger partial charge in [0.25, 0.3) is 0 Å². The molecule has 0 saturated heterocycles. The summed E-state index contributed by atoms with van der Waals surface area (Å²) >= 11 is 3.51. The number of thioether (sulfide) groups is 2. The van der Waals surface area contributed by atoms with Crippen LogP contribution >= 0.6 is 23.5 Å². The Morgan fingerprint density at radius 2 is 1.85 bits per heavy atom. The van der Waals surface area contributed by atoms with Gasteiger partial charge in [-0.1, -0.05) is 31.0 Å². The van der Waals surface area contributed by atoms with E-state index in [9.17, 15) is 9.59 Å². The van der Waals surface area contributed by atoms with Gasteiger partial charge in [-0.2, -0.15) is 0 Å². The summed E-state index contributed by atoms with van der Waals surface area (Å²) in [7, 11) is 0. The first-order chi connectivity index (χ1) is 9.74. The van der Waals surface area contributed by atoms with Crippen molar-refractivity contribution < 1.29 is 14.3 Å². The first-order valence-corrected chi connectivity index (χ1v) is 9.32. The minimum absolute atomic E-state index is 0.221. The second-order valence-electron chi connectivity index (χ2n) is 4.83. The Morgan fingerprint density at radius 3 is 2.60 bits per heavy atom. The molecule has 0 atom stereocenters. The van der Waals surface area contributed by atoms with Crippen LogP contribution in [-0.4, -0.2) is 23.8 Å². The number of ether oxygens (including phenoxy) is 1. The van der Waals surface area contributed by atoms with Crippen molar-refractivity contribution in [1.29, 1.82) is 0 Å². The van der Waals surface area contributed by atoms with E-state index in [0.29, 0.717) is 6.42 Å². The molecule has 114 valence electrons. The topological polar surface area (TPSA) is 43.4 Å². The van der Waals surface area contributed by atoms with Crippen LogP contribution in [0.2, 0.25) is 0 Å². The lowest BCUT2D eigenvalue weighted by Crippen LogP contribution is -1.99. The average Bonchev–Trinajstić information content (AvgIpc) is 2.63. The van der Waals surface area contributed by atoms with Crippen LogP contribution in [0, 0.1) is 0 Å². The standard InChI is InChI=1S/C15H24O3S2/c1-13(17)18-15-14(19-11-8-12-20-15)9-6-4-2-3-5-7-10-16/h10H,2-9,11-12H2,1H3. The molecule has 0 N–H and O–H groups in total. The third kappa shape index (κ3) is 8.00. The van der Waals surface area contributed by atoms with Crippen molar-refractivity contribution in [2.45, 2.75) is 58.3 Å². The molecule has 1 aliphatic rings. The largest absolute Gasteiger partial charge is 0.419 e. The van der Waals surface area contributed by atoms with Gasteiger partial charge in [-0.15, -0.1) is 11.8 Å². The molecule has 3 nitrogen and oxygen atoms in total. The van der Waals surface area contributed by atoms with E-state index in [2.05, 4.69) is 0 Å². The lowest BCUT2D eigenvalue weighted by molar-refractivity contribution is -0.135. The second kappa shape index (κ2) is 11.3. The molecular formula is C15H24O3S2. The summed E-state index contributed by atoms with van der Waals surface area (Å²) in [6, 6.07) is 0.